The van der Waals surface area contributed by atoms with Gasteiger partial charge in [-0.3, -0.25) is 14.6 Å². The number of pyridine rings is 1. The molecule has 5 nitrogen and oxygen atoms in total. The highest BCUT2D eigenvalue weighted by Gasteiger charge is 2.13. The number of nitrogens with one attached hydrogen (secondary N) is 1. The summed E-state index contributed by atoms with van der Waals surface area (Å²) in [6.07, 6.45) is 1.69. The van der Waals surface area contributed by atoms with Gasteiger partial charge in [0.1, 0.15) is 0 Å². The van der Waals surface area contributed by atoms with E-state index in [1.54, 1.807) is 24.4 Å². The first-order valence-corrected chi connectivity index (χ1v) is 8.52. The van der Waals surface area contributed by atoms with Crippen molar-refractivity contribution in [3.05, 3.63) is 70.3 Å². The van der Waals surface area contributed by atoms with Gasteiger partial charge in [0.25, 0.3) is 5.91 Å². The topological polar surface area (TPSA) is 68.3 Å². The molecule has 132 valence electrons. The van der Waals surface area contributed by atoms with Crippen LogP contribution in [0.3, 0.4) is 0 Å². The molecular weight excluding hydrogens is 375 g/mol. The molecule has 1 N–H and O–H groups in total. The van der Waals surface area contributed by atoms with E-state index in [1.807, 2.05) is 30.3 Å². The molecular formula is C19H14Cl2N2O3. The van der Waals surface area contributed by atoms with Gasteiger partial charge in [0.2, 0.25) is 0 Å². The molecule has 3 aromatic rings. The van der Waals surface area contributed by atoms with Gasteiger partial charge in [-0.1, -0.05) is 53.5 Å². The number of hydrogen-bond donors (Lipinski definition) is 1. The van der Waals surface area contributed by atoms with Crippen molar-refractivity contribution in [2.45, 2.75) is 6.42 Å². The van der Waals surface area contributed by atoms with E-state index in [1.165, 1.54) is 0 Å². The van der Waals surface area contributed by atoms with Crippen molar-refractivity contribution in [2.75, 3.05) is 11.9 Å². The Hall–Kier alpha value is -2.63. The maximum absolute atomic E-state index is 12.1. The van der Waals surface area contributed by atoms with Gasteiger partial charge in [-0.15, -0.1) is 0 Å². The fourth-order valence-electron chi connectivity index (χ4n) is 2.45. The molecule has 26 heavy (non-hydrogen) atoms. The molecule has 0 spiro atoms. The van der Waals surface area contributed by atoms with Crippen molar-refractivity contribution in [3.8, 4) is 0 Å². The number of nitrogens with zero attached hydrogens (tertiary/aromatic N) is 1. The van der Waals surface area contributed by atoms with Gasteiger partial charge in [0.05, 0.1) is 27.7 Å². The monoisotopic (exact) mass is 388 g/mol. The third kappa shape index (κ3) is 4.31. The molecule has 3 rings (SSSR count). The zero-order valence-electron chi connectivity index (χ0n) is 13.5. The number of rotatable bonds is 5. The number of fused-ring (bicyclic) bond motifs is 1. The fraction of sp³-hybridized carbons (Fsp3) is 0.105. The molecule has 1 aromatic heterocycles. The highest BCUT2D eigenvalue weighted by molar-refractivity contribution is 6.44. The highest BCUT2D eigenvalue weighted by Crippen LogP contribution is 2.29. The molecule has 0 saturated carbocycles. The van der Waals surface area contributed by atoms with Gasteiger partial charge in [-0.25, -0.2) is 0 Å². The second-order valence-electron chi connectivity index (χ2n) is 5.48. The summed E-state index contributed by atoms with van der Waals surface area (Å²) in [7, 11) is 0. The summed E-state index contributed by atoms with van der Waals surface area (Å²) in [6, 6.07) is 14.2. The van der Waals surface area contributed by atoms with Crippen LogP contribution in [-0.4, -0.2) is 23.5 Å². The Bertz CT molecular complexity index is 971. The maximum Gasteiger partial charge on any atom is 0.310 e. The first kappa shape index (κ1) is 18.2. The smallest absolute Gasteiger partial charge is 0.310 e. The van der Waals surface area contributed by atoms with Gasteiger partial charge in [0, 0.05) is 11.6 Å². The number of hydrogen-bond acceptors (Lipinski definition) is 4. The summed E-state index contributed by atoms with van der Waals surface area (Å²) >= 11 is 11.9. The molecule has 1 amide bonds. The summed E-state index contributed by atoms with van der Waals surface area (Å²) < 4.78 is 5.04. The Labute approximate surface area is 159 Å². The molecule has 0 atom stereocenters. The number of benzene rings is 2. The van der Waals surface area contributed by atoms with Gasteiger partial charge < -0.3 is 10.1 Å². The minimum atomic E-state index is -0.518. The summed E-state index contributed by atoms with van der Waals surface area (Å²) in [5.74, 6) is -1.02. The Morgan fingerprint density at radius 3 is 2.65 bits per heavy atom. The van der Waals surface area contributed by atoms with Crippen LogP contribution in [0.4, 0.5) is 5.69 Å². The van der Waals surface area contributed by atoms with Crippen LogP contribution in [0, 0.1) is 0 Å². The molecule has 0 aliphatic carbocycles. The lowest BCUT2D eigenvalue weighted by molar-refractivity contribution is -0.146. The lowest BCUT2D eigenvalue weighted by Crippen LogP contribution is -2.21. The van der Waals surface area contributed by atoms with E-state index in [0.717, 1.165) is 16.5 Å². The van der Waals surface area contributed by atoms with Crippen molar-refractivity contribution in [3.63, 3.8) is 0 Å². The lowest BCUT2D eigenvalue weighted by atomic mass is 10.1. The second-order valence-corrected chi connectivity index (χ2v) is 6.26. The van der Waals surface area contributed by atoms with Gasteiger partial charge in [0.15, 0.2) is 6.61 Å². The Morgan fingerprint density at radius 1 is 1.04 bits per heavy atom. The van der Waals surface area contributed by atoms with Crippen molar-refractivity contribution in [1.82, 2.24) is 4.98 Å². The fourth-order valence-corrected chi connectivity index (χ4v) is 2.80. The zero-order chi connectivity index (χ0) is 18.5. The third-order valence-corrected chi connectivity index (χ3v) is 4.46. The van der Waals surface area contributed by atoms with E-state index >= 15 is 0 Å². The molecule has 1 heterocycles. The van der Waals surface area contributed by atoms with Gasteiger partial charge in [-0.05, 0) is 23.8 Å². The summed E-state index contributed by atoms with van der Waals surface area (Å²) in [5.41, 5.74) is 1.84. The van der Waals surface area contributed by atoms with Gasteiger partial charge >= 0.3 is 5.97 Å². The molecule has 0 unspecified atom stereocenters. The molecule has 0 aliphatic heterocycles. The van der Waals surface area contributed by atoms with Crippen molar-refractivity contribution in [1.29, 1.82) is 0 Å². The van der Waals surface area contributed by atoms with Crippen LogP contribution >= 0.6 is 23.2 Å². The van der Waals surface area contributed by atoms with Crippen LogP contribution < -0.4 is 5.32 Å². The standard InChI is InChI=1S/C19H14Cl2N2O3/c20-14-7-2-8-15(18(14)21)23-16(24)11-26-17(25)10-13-5-1-4-12-6-3-9-22-19(12)13/h1-9H,10-11H2,(H,23,24). The van der Waals surface area contributed by atoms with Crippen LogP contribution in [0.15, 0.2) is 54.7 Å². The van der Waals surface area contributed by atoms with Crippen LogP contribution in [0.1, 0.15) is 5.56 Å². The first-order valence-electron chi connectivity index (χ1n) is 7.76. The molecule has 7 heteroatoms. The first-order chi connectivity index (χ1) is 12.5. The van der Waals surface area contributed by atoms with E-state index in [0.29, 0.717) is 10.7 Å². The summed E-state index contributed by atoms with van der Waals surface area (Å²) in [5, 5.41) is 4.05. The normalized spacial score (nSPS) is 10.5. The van der Waals surface area contributed by atoms with Crippen molar-refractivity contribution < 1.29 is 14.3 Å². The SMILES string of the molecule is O=C(COC(=O)Cc1cccc2cccnc12)Nc1cccc(Cl)c1Cl. The quantitative estimate of drug-likeness (QED) is 0.662. The summed E-state index contributed by atoms with van der Waals surface area (Å²) in [4.78, 5) is 28.3. The number of aromatic nitrogens is 1. The van der Waals surface area contributed by atoms with Gasteiger partial charge in [-0.2, -0.15) is 0 Å². The molecule has 2 aromatic carbocycles. The minimum Gasteiger partial charge on any atom is -0.455 e. The number of esters is 1. The number of carbonyl (C=O) groups excluding carboxylic acids is 2. The highest BCUT2D eigenvalue weighted by atomic mass is 35.5. The Kier molecular flexibility index (Phi) is 5.71. The van der Waals surface area contributed by atoms with Crippen LogP contribution in [-0.2, 0) is 20.7 Å². The minimum absolute atomic E-state index is 0.0273. The second kappa shape index (κ2) is 8.17. The molecule has 0 aliphatic rings. The zero-order valence-corrected chi connectivity index (χ0v) is 15.1. The molecule has 0 fully saturated rings. The Balaban J connectivity index is 1.58. The summed E-state index contributed by atoms with van der Waals surface area (Å²) in [6.45, 7) is -0.417. The van der Waals surface area contributed by atoms with Crippen LogP contribution in [0.2, 0.25) is 10.0 Å². The van der Waals surface area contributed by atoms with E-state index < -0.39 is 18.5 Å². The number of anilines is 1. The lowest BCUT2D eigenvalue weighted by Gasteiger charge is -2.09. The van der Waals surface area contributed by atoms with Crippen LogP contribution in [0.25, 0.3) is 10.9 Å². The van der Waals surface area contributed by atoms with E-state index in [4.69, 9.17) is 27.9 Å². The largest absolute Gasteiger partial charge is 0.455 e. The number of carbonyl (C=O) groups is 2. The molecule has 0 saturated heterocycles. The Morgan fingerprint density at radius 2 is 1.81 bits per heavy atom. The average molecular weight is 389 g/mol. The predicted octanol–water partition coefficient (Wildman–Crippen LogP) is 4.27. The average Bonchev–Trinajstić information content (AvgIpc) is 2.64. The third-order valence-electron chi connectivity index (χ3n) is 3.64. The van der Waals surface area contributed by atoms with Crippen LogP contribution in [0.5, 0.6) is 0 Å². The maximum atomic E-state index is 12.1. The molecule has 0 bridgehead atoms. The van der Waals surface area contributed by atoms with E-state index in [9.17, 15) is 9.59 Å². The molecule has 0 radical (unpaired) electrons. The van der Waals surface area contributed by atoms with Crippen molar-refractivity contribution in [2.24, 2.45) is 0 Å². The number of para-hydroxylation sites is 1. The number of halogens is 2. The van der Waals surface area contributed by atoms with E-state index in [-0.39, 0.29) is 11.4 Å². The van der Waals surface area contributed by atoms with Crippen molar-refractivity contribution >= 4 is 51.7 Å². The number of ether oxygens (including phenoxy) is 1. The van der Waals surface area contributed by atoms with E-state index in [2.05, 4.69) is 10.3 Å². The predicted molar refractivity (Wildman–Crippen MR) is 101 cm³/mol. The number of amides is 1.